The van der Waals surface area contributed by atoms with Crippen molar-refractivity contribution < 1.29 is 9.72 Å². The first kappa shape index (κ1) is 16.1. The van der Waals surface area contributed by atoms with E-state index in [0.29, 0.717) is 5.56 Å². The highest BCUT2D eigenvalue weighted by Crippen LogP contribution is 2.18. The van der Waals surface area contributed by atoms with Crippen molar-refractivity contribution in [3.05, 3.63) is 69.8 Å². The van der Waals surface area contributed by atoms with E-state index in [-0.39, 0.29) is 11.6 Å². The summed E-state index contributed by atoms with van der Waals surface area (Å²) in [6.45, 7) is 3.14. The smallest absolute Gasteiger partial charge is 0.269 e. The predicted molar refractivity (Wildman–Crippen MR) is 92.0 cm³/mol. The molecule has 0 bridgehead atoms. The fraction of sp³-hybridized carbons (Fsp3) is 0.278. The molecule has 1 aliphatic rings. The number of carbonyl (C=O) groups excluding carboxylic acids is 1. The Hall–Kier alpha value is -2.73. The molecule has 3 rings (SSSR count). The van der Waals surface area contributed by atoms with Crippen molar-refractivity contribution in [1.82, 2.24) is 4.90 Å². The number of nitro benzene ring substituents is 1. The minimum Gasteiger partial charge on any atom is -0.322 e. The molecule has 1 fully saturated rings. The molecule has 0 aliphatic carbocycles. The average Bonchev–Trinajstić information content (AvgIpc) is 3.08. The van der Waals surface area contributed by atoms with E-state index in [1.165, 1.54) is 42.7 Å². The lowest BCUT2D eigenvalue weighted by atomic mass is 10.1. The van der Waals surface area contributed by atoms with Crippen LogP contribution in [-0.4, -0.2) is 28.8 Å². The van der Waals surface area contributed by atoms with E-state index >= 15 is 0 Å². The number of nitro groups is 1. The van der Waals surface area contributed by atoms with Crippen molar-refractivity contribution in [2.45, 2.75) is 19.4 Å². The second-order valence-electron chi connectivity index (χ2n) is 5.94. The van der Waals surface area contributed by atoms with E-state index in [9.17, 15) is 14.9 Å². The van der Waals surface area contributed by atoms with Crippen LogP contribution < -0.4 is 5.32 Å². The van der Waals surface area contributed by atoms with Crippen LogP contribution in [0.25, 0.3) is 0 Å². The van der Waals surface area contributed by atoms with Gasteiger partial charge in [0.2, 0.25) is 0 Å². The number of likely N-dealkylation sites (tertiary alicyclic amines) is 1. The zero-order chi connectivity index (χ0) is 16.9. The lowest BCUT2D eigenvalue weighted by molar-refractivity contribution is -0.384. The maximum atomic E-state index is 12.3. The number of hydrogen-bond acceptors (Lipinski definition) is 4. The largest absolute Gasteiger partial charge is 0.322 e. The fourth-order valence-corrected chi connectivity index (χ4v) is 2.88. The molecule has 1 saturated heterocycles. The first-order valence-electron chi connectivity index (χ1n) is 7.99. The Morgan fingerprint density at radius 3 is 2.50 bits per heavy atom. The molecule has 124 valence electrons. The summed E-state index contributed by atoms with van der Waals surface area (Å²) in [6.07, 6.45) is 2.49. The second kappa shape index (κ2) is 7.23. The fourth-order valence-electron chi connectivity index (χ4n) is 2.88. The quantitative estimate of drug-likeness (QED) is 0.675. The van der Waals surface area contributed by atoms with E-state index < -0.39 is 4.92 Å². The van der Waals surface area contributed by atoms with Gasteiger partial charge < -0.3 is 5.32 Å². The van der Waals surface area contributed by atoms with E-state index in [1.54, 1.807) is 0 Å². The Bertz CT molecular complexity index is 737. The number of carbonyl (C=O) groups is 1. The van der Waals surface area contributed by atoms with Crippen LogP contribution in [0, 0.1) is 10.1 Å². The summed E-state index contributed by atoms with van der Waals surface area (Å²) in [5, 5.41) is 13.5. The molecule has 0 unspecified atom stereocenters. The number of benzene rings is 2. The normalized spacial score (nSPS) is 14.5. The van der Waals surface area contributed by atoms with Crippen molar-refractivity contribution in [3.63, 3.8) is 0 Å². The van der Waals surface area contributed by atoms with Crippen LogP contribution in [0.4, 0.5) is 11.4 Å². The molecule has 1 amide bonds. The Labute approximate surface area is 140 Å². The molecule has 6 heteroatoms. The first-order valence-corrected chi connectivity index (χ1v) is 7.99. The van der Waals surface area contributed by atoms with Crippen molar-refractivity contribution in [2.75, 3.05) is 18.4 Å². The monoisotopic (exact) mass is 325 g/mol. The Morgan fingerprint density at radius 2 is 1.83 bits per heavy atom. The molecule has 1 N–H and O–H groups in total. The lowest BCUT2D eigenvalue weighted by Gasteiger charge is -2.15. The standard InChI is InChI=1S/C18H19N3O3/c22-18(15-6-8-17(9-7-15)21(23)24)19-16-5-3-4-14(12-16)13-20-10-1-2-11-20/h3-9,12H,1-2,10-11,13H2,(H,19,22). The van der Waals surface area contributed by atoms with Crippen molar-refractivity contribution in [1.29, 1.82) is 0 Å². The van der Waals surface area contributed by atoms with Gasteiger partial charge in [0, 0.05) is 29.9 Å². The number of hydrogen-bond donors (Lipinski definition) is 1. The van der Waals surface area contributed by atoms with Gasteiger partial charge in [0.25, 0.3) is 11.6 Å². The molecule has 1 aliphatic heterocycles. The van der Waals surface area contributed by atoms with E-state index in [4.69, 9.17) is 0 Å². The van der Waals surface area contributed by atoms with Gasteiger partial charge in [0.15, 0.2) is 0 Å². The zero-order valence-electron chi connectivity index (χ0n) is 13.3. The molecule has 0 aromatic heterocycles. The van der Waals surface area contributed by atoms with Gasteiger partial charge in [0.1, 0.15) is 0 Å². The summed E-state index contributed by atoms with van der Waals surface area (Å²) in [6, 6.07) is 13.4. The van der Waals surface area contributed by atoms with Gasteiger partial charge in [-0.05, 0) is 55.8 Å². The summed E-state index contributed by atoms with van der Waals surface area (Å²) in [5.41, 5.74) is 2.26. The maximum Gasteiger partial charge on any atom is 0.269 e. The summed E-state index contributed by atoms with van der Waals surface area (Å²) in [5.74, 6) is -0.275. The summed E-state index contributed by atoms with van der Waals surface area (Å²) >= 11 is 0. The number of nitrogens with zero attached hydrogens (tertiary/aromatic N) is 2. The molecule has 6 nitrogen and oxygen atoms in total. The highest BCUT2D eigenvalue weighted by atomic mass is 16.6. The van der Waals surface area contributed by atoms with Gasteiger partial charge in [-0.25, -0.2) is 0 Å². The topological polar surface area (TPSA) is 75.5 Å². The first-order chi connectivity index (χ1) is 11.6. The van der Waals surface area contributed by atoms with Crippen LogP contribution in [0.5, 0.6) is 0 Å². The van der Waals surface area contributed by atoms with Crippen LogP contribution >= 0.6 is 0 Å². The van der Waals surface area contributed by atoms with Crippen molar-refractivity contribution in [3.8, 4) is 0 Å². The third-order valence-electron chi connectivity index (χ3n) is 4.13. The lowest BCUT2D eigenvalue weighted by Crippen LogP contribution is -2.18. The summed E-state index contributed by atoms with van der Waals surface area (Å²) < 4.78 is 0. The third-order valence-corrected chi connectivity index (χ3v) is 4.13. The van der Waals surface area contributed by atoms with E-state index in [2.05, 4.69) is 16.3 Å². The molecule has 24 heavy (non-hydrogen) atoms. The zero-order valence-corrected chi connectivity index (χ0v) is 13.3. The molecular formula is C18H19N3O3. The highest BCUT2D eigenvalue weighted by Gasteiger charge is 2.13. The molecule has 2 aromatic carbocycles. The number of non-ortho nitro benzene ring substituents is 1. The van der Waals surface area contributed by atoms with Crippen molar-refractivity contribution in [2.24, 2.45) is 0 Å². The van der Waals surface area contributed by atoms with Crippen molar-refractivity contribution >= 4 is 17.3 Å². The van der Waals surface area contributed by atoms with Gasteiger partial charge in [-0.3, -0.25) is 19.8 Å². The Balaban J connectivity index is 1.66. The van der Waals surface area contributed by atoms with Gasteiger partial charge in [-0.1, -0.05) is 12.1 Å². The molecule has 0 atom stereocenters. The third kappa shape index (κ3) is 3.97. The van der Waals surface area contributed by atoms with Crippen LogP contribution in [0.1, 0.15) is 28.8 Å². The number of anilines is 1. The van der Waals surface area contributed by atoms with Gasteiger partial charge >= 0.3 is 0 Å². The summed E-state index contributed by atoms with van der Waals surface area (Å²) in [7, 11) is 0. The molecule has 0 spiro atoms. The molecule has 2 aromatic rings. The second-order valence-corrected chi connectivity index (χ2v) is 5.94. The SMILES string of the molecule is O=C(Nc1cccc(CN2CCCC2)c1)c1ccc([N+](=O)[O-])cc1. The minimum atomic E-state index is -0.483. The molecular weight excluding hydrogens is 306 g/mol. The van der Waals surface area contributed by atoms with Crippen LogP contribution in [-0.2, 0) is 6.54 Å². The molecule has 0 radical (unpaired) electrons. The van der Waals surface area contributed by atoms with Gasteiger partial charge in [-0.15, -0.1) is 0 Å². The maximum absolute atomic E-state index is 12.3. The minimum absolute atomic E-state index is 0.0286. The van der Waals surface area contributed by atoms with E-state index in [1.807, 2.05) is 18.2 Å². The van der Waals surface area contributed by atoms with E-state index in [0.717, 1.165) is 25.3 Å². The molecule has 0 saturated carbocycles. The number of amides is 1. The predicted octanol–water partition coefficient (Wildman–Crippen LogP) is 3.44. The Morgan fingerprint density at radius 1 is 1.12 bits per heavy atom. The van der Waals surface area contributed by atoms with Gasteiger partial charge in [-0.2, -0.15) is 0 Å². The number of rotatable bonds is 5. The van der Waals surface area contributed by atoms with Crippen LogP contribution in [0.2, 0.25) is 0 Å². The average molecular weight is 325 g/mol. The summed E-state index contributed by atoms with van der Waals surface area (Å²) in [4.78, 5) is 24.8. The molecule has 1 heterocycles. The van der Waals surface area contributed by atoms with Crippen LogP contribution in [0.3, 0.4) is 0 Å². The van der Waals surface area contributed by atoms with Gasteiger partial charge in [0.05, 0.1) is 4.92 Å². The van der Waals surface area contributed by atoms with Crippen LogP contribution in [0.15, 0.2) is 48.5 Å². The number of nitrogens with one attached hydrogen (secondary N) is 1. The Kier molecular flexibility index (Phi) is 4.86. The highest BCUT2D eigenvalue weighted by molar-refractivity contribution is 6.04.